The molecule has 0 unspecified atom stereocenters. The standard InChI is InChI=1S/C31H40O2P.BrH/c1-2-33-31(32)26-18-7-5-3-4-6-8-19-27-34(28-20-12-9-13-21-28,29-22-14-10-15-23-29)30-24-16-11-17-25-30;/h9-17,20-25H,2-8,18-19,26-27H2,1H3;1H/q+1;/p-1. The molecule has 3 rings (SSSR count). The Morgan fingerprint density at radius 3 is 1.37 bits per heavy atom. The third kappa shape index (κ3) is 8.89. The van der Waals surface area contributed by atoms with Gasteiger partial charge in [-0.2, -0.15) is 0 Å². The number of halogens is 1. The molecule has 0 aliphatic carbocycles. The quantitative estimate of drug-likeness (QED) is 0.161. The second-order valence-corrected chi connectivity index (χ2v) is 12.5. The zero-order chi connectivity index (χ0) is 23.9. The first kappa shape index (κ1) is 29.3. The molecular formula is C31H40BrO2P. The maximum absolute atomic E-state index is 11.4. The van der Waals surface area contributed by atoms with E-state index in [1.807, 2.05) is 6.92 Å². The molecule has 0 N–H and O–H groups in total. The van der Waals surface area contributed by atoms with Crippen molar-refractivity contribution >= 4 is 29.1 Å². The molecule has 0 saturated heterocycles. The van der Waals surface area contributed by atoms with Gasteiger partial charge in [-0.1, -0.05) is 86.7 Å². The number of hydrogen-bond donors (Lipinski definition) is 0. The van der Waals surface area contributed by atoms with Crippen LogP contribution in [0.15, 0.2) is 91.0 Å². The Balaban J connectivity index is 0.00000432. The highest BCUT2D eigenvalue weighted by Gasteiger charge is 2.44. The third-order valence-electron chi connectivity index (χ3n) is 6.52. The molecule has 0 aromatic heterocycles. The third-order valence-corrected chi connectivity index (χ3v) is 11.0. The Labute approximate surface area is 223 Å². The molecular weight excluding hydrogens is 515 g/mol. The predicted molar refractivity (Wildman–Crippen MR) is 148 cm³/mol. The van der Waals surface area contributed by atoms with E-state index >= 15 is 0 Å². The lowest BCUT2D eigenvalue weighted by Crippen LogP contribution is -3.00. The highest BCUT2D eigenvalue weighted by atomic mass is 79.9. The van der Waals surface area contributed by atoms with E-state index in [0.717, 1.165) is 12.8 Å². The van der Waals surface area contributed by atoms with E-state index in [1.165, 1.54) is 60.6 Å². The molecule has 0 aliphatic rings. The van der Waals surface area contributed by atoms with Gasteiger partial charge in [-0.15, -0.1) is 0 Å². The van der Waals surface area contributed by atoms with Crippen molar-refractivity contribution in [3.63, 3.8) is 0 Å². The topological polar surface area (TPSA) is 26.3 Å². The van der Waals surface area contributed by atoms with Crippen molar-refractivity contribution in [3.8, 4) is 0 Å². The van der Waals surface area contributed by atoms with Crippen LogP contribution >= 0.6 is 7.26 Å². The van der Waals surface area contributed by atoms with Crippen LogP contribution < -0.4 is 32.9 Å². The molecule has 188 valence electrons. The number of hydrogen-bond acceptors (Lipinski definition) is 2. The van der Waals surface area contributed by atoms with Crippen molar-refractivity contribution in [2.45, 2.75) is 64.7 Å². The molecule has 4 heteroatoms. The lowest BCUT2D eigenvalue weighted by atomic mass is 10.1. The van der Waals surface area contributed by atoms with Crippen molar-refractivity contribution in [1.29, 1.82) is 0 Å². The zero-order valence-electron chi connectivity index (χ0n) is 21.1. The largest absolute Gasteiger partial charge is 1.00 e. The van der Waals surface area contributed by atoms with Crippen LogP contribution in [-0.2, 0) is 9.53 Å². The molecule has 35 heavy (non-hydrogen) atoms. The molecule has 0 bridgehead atoms. The van der Waals surface area contributed by atoms with Gasteiger partial charge in [0.1, 0.15) is 23.2 Å². The van der Waals surface area contributed by atoms with Gasteiger partial charge in [0.05, 0.1) is 12.8 Å². The molecule has 2 nitrogen and oxygen atoms in total. The van der Waals surface area contributed by atoms with E-state index in [4.69, 9.17) is 4.74 Å². The Morgan fingerprint density at radius 1 is 0.600 bits per heavy atom. The summed E-state index contributed by atoms with van der Waals surface area (Å²) in [5, 5.41) is 4.44. The molecule has 0 aliphatic heterocycles. The first-order valence-corrected chi connectivity index (χ1v) is 15.0. The number of ether oxygens (including phenoxy) is 1. The van der Waals surface area contributed by atoms with Crippen LogP contribution in [0.25, 0.3) is 0 Å². The summed E-state index contributed by atoms with van der Waals surface area (Å²) >= 11 is 0. The normalized spacial score (nSPS) is 11.0. The minimum atomic E-state index is -1.68. The molecule has 0 radical (unpaired) electrons. The van der Waals surface area contributed by atoms with Crippen LogP contribution in [0.2, 0.25) is 0 Å². The monoisotopic (exact) mass is 554 g/mol. The van der Waals surface area contributed by atoms with E-state index in [-0.39, 0.29) is 23.0 Å². The maximum Gasteiger partial charge on any atom is 0.305 e. The Hall–Kier alpha value is -1.96. The maximum atomic E-state index is 11.4. The van der Waals surface area contributed by atoms with E-state index in [9.17, 15) is 4.79 Å². The fraction of sp³-hybridized carbons (Fsp3) is 0.387. The van der Waals surface area contributed by atoms with E-state index in [2.05, 4.69) is 91.0 Å². The van der Waals surface area contributed by atoms with Gasteiger partial charge in [-0.05, 0) is 62.6 Å². The van der Waals surface area contributed by atoms with Crippen molar-refractivity contribution in [3.05, 3.63) is 91.0 Å². The van der Waals surface area contributed by atoms with Crippen molar-refractivity contribution < 1.29 is 26.5 Å². The SMILES string of the molecule is CCOC(=O)CCCCCCCCCC[P+](c1ccccc1)(c1ccccc1)c1ccccc1.[Br-]. The molecule has 0 heterocycles. The average Bonchev–Trinajstić information content (AvgIpc) is 2.89. The van der Waals surface area contributed by atoms with Crippen LogP contribution in [0.1, 0.15) is 64.7 Å². The van der Waals surface area contributed by atoms with Gasteiger partial charge in [0.2, 0.25) is 0 Å². The van der Waals surface area contributed by atoms with Crippen LogP contribution in [0.4, 0.5) is 0 Å². The Morgan fingerprint density at radius 2 is 0.971 bits per heavy atom. The fourth-order valence-electron chi connectivity index (χ4n) is 4.79. The lowest BCUT2D eigenvalue weighted by Gasteiger charge is -2.27. The molecule has 0 saturated carbocycles. The number of carbonyl (C=O) groups excluding carboxylic acids is 1. The Bertz CT molecular complexity index is 851. The summed E-state index contributed by atoms with van der Waals surface area (Å²) in [4.78, 5) is 11.4. The highest BCUT2D eigenvalue weighted by Crippen LogP contribution is 2.55. The lowest BCUT2D eigenvalue weighted by molar-refractivity contribution is -0.143. The van der Waals surface area contributed by atoms with Crippen LogP contribution in [0.3, 0.4) is 0 Å². The first-order valence-electron chi connectivity index (χ1n) is 13.0. The molecule has 0 spiro atoms. The summed E-state index contributed by atoms with van der Waals surface area (Å²) in [6.45, 7) is 2.35. The van der Waals surface area contributed by atoms with Crippen LogP contribution in [-0.4, -0.2) is 18.7 Å². The van der Waals surface area contributed by atoms with Crippen molar-refractivity contribution in [2.75, 3.05) is 12.8 Å². The van der Waals surface area contributed by atoms with Gasteiger partial charge in [0.25, 0.3) is 0 Å². The number of esters is 1. The number of benzene rings is 3. The second-order valence-electron chi connectivity index (χ2n) is 8.92. The van der Waals surface area contributed by atoms with Crippen LogP contribution in [0.5, 0.6) is 0 Å². The van der Waals surface area contributed by atoms with Crippen LogP contribution in [0, 0.1) is 0 Å². The van der Waals surface area contributed by atoms with Crippen molar-refractivity contribution in [1.82, 2.24) is 0 Å². The van der Waals surface area contributed by atoms with Gasteiger partial charge in [-0.3, -0.25) is 4.79 Å². The molecule has 3 aromatic rings. The summed E-state index contributed by atoms with van der Waals surface area (Å²) in [5.74, 6) is -0.0513. The highest BCUT2D eigenvalue weighted by molar-refractivity contribution is 7.95. The van der Waals surface area contributed by atoms with Gasteiger partial charge in [-0.25, -0.2) is 0 Å². The van der Waals surface area contributed by atoms with Gasteiger partial charge in [0, 0.05) is 6.42 Å². The molecule has 3 aromatic carbocycles. The fourth-order valence-corrected chi connectivity index (χ4v) is 9.20. The number of unbranched alkanes of at least 4 members (excludes halogenated alkanes) is 7. The van der Waals surface area contributed by atoms with Gasteiger partial charge in [0.15, 0.2) is 0 Å². The number of carbonyl (C=O) groups is 1. The summed E-state index contributed by atoms with van der Waals surface area (Å²) < 4.78 is 5.00. The van der Waals surface area contributed by atoms with Gasteiger partial charge >= 0.3 is 5.97 Å². The molecule has 0 atom stereocenters. The summed E-state index contributed by atoms with van der Waals surface area (Å²) in [7, 11) is -1.68. The molecule has 0 fully saturated rings. The minimum absolute atomic E-state index is 0. The summed E-state index contributed by atoms with van der Waals surface area (Å²) in [5.41, 5.74) is 0. The smallest absolute Gasteiger partial charge is 0.305 e. The zero-order valence-corrected chi connectivity index (χ0v) is 23.6. The molecule has 0 amide bonds. The first-order chi connectivity index (χ1) is 16.8. The average molecular weight is 556 g/mol. The summed E-state index contributed by atoms with van der Waals surface area (Å²) in [6, 6.07) is 33.6. The summed E-state index contributed by atoms with van der Waals surface area (Å²) in [6.07, 6.45) is 11.4. The number of rotatable bonds is 15. The Kier molecular flexibility index (Phi) is 13.9. The van der Waals surface area contributed by atoms with Gasteiger partial charge < -0.3 is 21.7 Å². The second kappa shape index (κ2) is 16.7. The van der Waals surface area contributed by atoms with Crippen molar-refractivity contribution in [2.24, 2.45) is 0 Å². The predicted octanol–water partition coefficient (Wildman–Crippen LogP) is 4.06. The minimum Gasteiger partial charge on any atom is -1.00 e. The van der Waals surface area contributed by atoms with E-state index in [1.54, 1.807) is 0 Å². The van der Waals surface area contributed by atoms with E-state index in [0.29, 0.717) is 13.0 Å². The van der Waals surface area contributed by atoms with E-state index < -0.39 is 7.26 Å².